The Labute approximate surface area is 84.1 Å². The van der Waals surface area contributed by atoms with Gasteiger partial charge in [0, 0.05) is 18.5 Å². The first-order chi connectivity index (χ1) is 6.88. The molecule has 2 N–H and O–H groups in total. The van der Waals surface area contributed by atoms with E-state index in [4.69, 9.17) is 10.5 Å². The van der Waals surface area contributed by atoms with E-state index in [1.54, 1.807) is 0 Å². The van der Waals surface area contributed by atoms with Gasteiger partial charge in [-0.15, -0.1) is 0 Å². The highest BCUT2D eigenvalue weighted by atomic mass is 16.5. The molecule has 1 fully saturated rings. The minimum atomic E-state index is 0.600. The molecule has 0 saturated heterocycles. The second-order valence-electron chi connectivity index (χ2n) is 4.25. The molecule has 2 heteroatoms. The van der Waals surface area contributed by atoms with Crippen molar-refractivity contribution in [3.63, 3.8) is 0 Å². The average molecular weight is 189 g/mol. The van der Waals surface area contributed by atoms with Crippen molar-refractivity contribution in [3.05, 3.63) is 28.8 Å². The first-order valence-electron chi connectivity index (χ1n) is 5.37. The van der Waals surface area contributed by atoms with Crippen molar-refractivity contribution in [1.82, 2.24) is 0 Å². The van der Waals surface area contributed by atoms with Crippen molar-refractivity contribution in [2.45, 2.75) is 31.7 Å². The fraction of sp³-hybridized carbons (Fsp3) is 0.500. The van der Waals surface area contributed by atoms with E-state index in [-0.39, 0.29) is 0 Å². The summed E-state index contributed by atoms with van der Waals surface area (Å²) in [7, 11) is 0. The number of fused-ring (bicyclic) bond motifs is 1. The van der Waals surface area contributed by atoms with Crippen LogP contribution in [0.1, 0.15) is 35.4 Å². The van der Waals surface area contributed by atoms with Crippen molar-refractivity contribution >= 4 is 0 Å². The summed E-state index contributed by atoms with van der Waals surface area (Å²) < 4.78 is 5.60. The van der Waals surface area contributed by atoms with Crippen LogP contribution in [0.2, 0.25) is 0 Å². The second kappa shape index (κ2) is 2.99. The quantitative estimate of drug-likeness (QED) is 0.771. The molecular weight excluding hydrogens is 174 g/mol. The van der Waals surface area contributed by atoms with E-state index in [2.05, 4.69) is 12.1 Å². The summed E-state index contributed by atoms with van der Waals surface area (Å²) in [5.74, 6) is 1.88. The summed E-state index contributed by atoms with van der Waals surface area (Å²) in [6.45, 7) is 1.43. The van der Waals surface area contributed by atoms with E-state index in [1.165, 1.54) is 29.5 Å². The molecule has 0 unspecified atom stereocenters. The summed E-state index contributed by atoms with van der Waals surface area (Å²) in [5, 5.41) is 0. The van der Waals surface area contributed by atoms with Crippen LogP contribution in [0.3, 0.4) is 0 Å². The van der Waals surface area contributed by atoms with Crippen molar-refractivity contribution in [2.75, 3.05) is 6.61 Å². The normalized spacial score (nSPS) is 19.2. The molecule has 3 rings (SSSR count). The maximum Gasteiger partial charge on any atom is 0.127 e. The third-order valence-corrected chi connectivity index (χ3v) is 3.15. The number of nitrogens with two attached hydrogens (primary N) is 1. The van der Waals surface area contributed by atoms with Gasteiger partial charge in [-0.05, 0) is 29.9 Å². The van der Waals surface area contributed by atoms with Crippen LogP contribution in [0.4, 0.5) is 0 Å². The summed E-state index contributed by atoms with van der Waals surface area (Å²) in [6.07, 6.45) is 3.76. The van der Waals surface area contributed by atoms with Gasteiger partial charge in [0.2, 0.25) is 0 Å². The van der Waals surface area contributed by atoms with E-state index in [1.807, 2.05) is 0 Å². The summed E-state index contributed by atoms with van der Waals surface area (Å²) in [6, 6.07) is 4.56. The van der Waals surface area contributed by atoms with E-state index in [0.29, 0.717) is 6.54 Å². The lowest BCUT2D eigenvalue weighted by molar-refractivity contribution is 0.353. The number of benzene rings is 1. The van der Waals surface area contributed by atoms with Crippen molar-refractivity contribution in [3.8, 4) is 5.75 Å². The molecule has 0 amide bonds. The second-order valence-corrected chi connectivity index (χ2v) is 4.25. The van der Waals surface area contributed by atoms with E-state index < -0.39 is 0 Å². The first-order valence-corrected chi connectivity index (χ1v) is 5.37. The molecule has 0 radical (unpaired) electrons. The van der Waals surface area contributed by atoms with E-state index in [9.17, 15) is 0 Å². The largest absolute Gasteiger partial charge is 0.493 e. The molecular formula is C12H15NO. The molecule has 0 spiro atoms. The van der Waals surface area contributed by atoms with Gasteiger partial charge in [-0.1, -0.05) is 12.1 Å². The molecule has 74 valence electrons. The van der Waals surface area contributed by atoms with Crippen LogP contribution in [-0.4, -0.2) is 6.61 Å². The first kappa shape index (κ1) is 8.30. The van der Waals surface area contributed by atoms with Gasteiger partial charge in [0.1, 0.15) is 5.75 Å². The smallest absolute Gasteiger partial charge is 0.127 e. The predicted molar refractivity (Wildman–Crippen MR) is 55.5 cm³/mol. The number of hydrogen-bond acceptors (Lipinski definition) is 2. The van der Waals surface area contributed by atoms with Crippen LogP contribution in [-0.2, 0) is 13.0 Å². The average Bonchev–Trinajstić information content (AvgIpc) is 2.95. The molecule has 1 aromatic carbocycles. The van der Waals surface area contributed by atoms with Gasteiger partial charge in [-0.3, -0.25) is 0 Å². The van der Waals surface area contributed by atoms with Crippen molar-refractivity contribution < 1.29 is 4.74 Å². The Morgan fingerprint density at radius 3 is 2.93 bits per heavy atom. The lowest BCUT2D eigenvalue weighted by atomic mass is 10.0. The number of ether oxygens (including phenoxy) is 1. The monoisotopic (exact) mass is 189 g/mol. The van der Waals surface area contributed by atoms with Crippen LogP contribution in [0.5, 0.6) is 5.75 Å². The Morgan fingerprint density at radius 2 is 2.21 bits per heavy atom. The van der Waals surface area contributed by atoms with Crippen molar-refractivity contribution in [2.24, 2.45) is 5.73 Å². The predicted octanol–water partition coefficient (Wildman–Crippen LogP) is 1.96. The lowest BCUT2D eigenvalue weighted by Gasteiger charge is -2.08. The Kier molecular flexibility index (Phi) is 1.77. The van der Waals surface area contributed by atoms with Crippen LogP contribution >= 0.6 is 0 Å². The third kappa shape index (κ3) is 1.22. The van der Waals surface area contributed by atoms with Crippen LogP contribution in [0.25, 0.3) is 0 Å². The van der Waals surface area contributed by atoms with Crippen LogP contribution < -0.4 is 10.5 Å². The molecule has 2 nitrogen and oxygen atoms in total. The minimum Gasteiger partial charge on any atom is -0.493 e. The maximum absolute atomic E-state index is 5.73. The van der Waals surface area contributed by atoms with Gasteiger partial charge in [0.15, 0.2) is 0 Å². The van der Waals surface area contributed by atoms with Gasteiger partial charge in [-0.25, -0.2) is 0 Å². The highest BCUT2D eigenvalue weighted by Crippen LogP contribution is 2.43. The zero-order valence-electron chi connectivity index (χ0n) is 8.25. The molecule has 1 heterocycles. The zero-order chi connectivity index (χ0) is 9.54. The highest BCUT2D eigenvalue weighted by Gasteiger charge is 2.26. The van der Waals surface area contributed by atoms with E-state index in [0.717, 1.165) is 24.7 Å². The molecule has 0 bridgehead atoms. The Bertz CT molecular complexity index is 369. The molecule has 0 aromatic heterocycles. The SMILES string of the molecule is NCc1cc(C2CC2)cc2c1OCC2. The van der Waals surface area contributed by atoms with Crippen LogP contribution in [0, 0.1) is 0 Å². The topological polar surface area (TPSA) is 35.2 Å². The van der Waals surface area contributed by atoms with Gasteiger partial charge in [0.05, 0.1) is 6.61 Å². The van der Waals surface area contributed by atoms with Gasteiger partial charge < -0.3 is 10.5 Å². The van der Waals surface area contributed by atoms with Gasteiger partial charge in [-0.2, -0.15) is 0 Å². The van der Waals surface area contributed by atoms with Gasteiger partial charge >= 0.3 is 0 Å². The Balaban J connectivity index is 2.08. The summed E-state index contributed by atoms with van der Waals surface area (Å²) >= 11 is 0. The fourth-order valence-corrected chi connectivity index (χ4v) is 2.22. The molecule has 1 aliphatic heterocycles. The minimum absolute atomic E-state index is 0.600. The Hall–Kier alpha value is -1.02. The highest BCUT2D eigenvalue weighted by molar-refractivity contribution is 5.48. The fourth-order valence-electron chi connectivity index (χ4n) is 2.22. The molecule has 14 heavy (non-hydrogen) atoms. The maximum atomic E-state index is 5.73. The zero-order valence-corrected chi connectivity index (χ0v) is 8.25. The van der Waals surface area contributed by atoms with Crippen LogP contribution in [0.15, 0.2) is 12.1 Å². The number of rotatable bonds is 2. The van der Waals surface area contributed by atoms with Crippen molar-refractivity contribution in [1.29, 1.82) is 0 Å². The lowest BCUT2D eigenvalue weighted by Crippen LogP contribution is -2.00. The third-order valence-electron chi connectivity index (χ3n) is 3.15. The number of hydrogen-bond donors (Lipinski definition) is 1. The molecule has 1 aromatic rings. The summed E-state index contributed by atoms with van der Waals surface area (Å²) in [5.41, 5.74) is 9.78. The molecule has 2 aliphatic rings. The standard InChI is InChI=1S/C12H15NO/c13-7-11-6-10(8-1-2-8)5-9-3-4-14-12(9)11/h5-6,8H,1-4,7,13H2. The summed E-state index contributed by atoms with van der Waals surface area (Å²) in [4.78, 5) is 0. The van der Waals surface area contributed by atoms with Gasteiger partial charge in [0.25, 0.3) is 0 Å². The molecule has 0 atom stereocenters. The van der Waals surface area contributed by atoms with E-state index >= 15 is 0 Å². The Morgan fingerprint density at radius 1 is 1.36 bits per heavy atom. The molecule has 1 saturated carbocycles. The molecule has 1 aliphatic carbocycles.